The van der Waals surface area contributed by atoms with E-state index in [9.17, 15) is 9.59 Å². The Hall–Kier alpha value is -0.0800. The van der Waals surface area contributed by atoms with Crippen LogP contribution in [0.4, 0.5) is 0 Å². The Morgan fingerprint density at radius 3 is 1.94 bits per heavy atom. The van der Waals surface area contributed by atoms with Gasteiger partial charge in [0.05, 0.1) is 0 Å². The van der Waals surface area contributed by atoms with Gasteiger partial charge in [0.1, 0.15) is 5.92 Å². The number of carbonyl (C=O) groups is 2. The van der Waals surface area contributed by atoms with E-state index in [1.54, 1.807) is 0 Å². The first-order chi connectivity index (χ1) is 7.50. The summed E-state index contributed by atoms with van der Waals surface area (Å²) < 4.78 is 0. The molecule has 4 heteroatoms. The van der Waals surface area contributed by atoms with E-state index >= 15 is 0 Å². The highest BCUT2D eigenvalue weighted by Gasteiger charge is 2.29. The Bertz CT molecular complexity index is 215. The summed E-state index contributed by atoms with van der Waals surface area (Å²) in [5.74, 6) is -0.897. The zero-order valence-corrected chi connectivity index (χ0v) is 11.5. The number of halogens is 2. The van der Waals surface area contributed by atoms with Crippen molar-refractivity contribution in [3.63, 3.8) is 0 Å². The van der Waals surface area contributed by atoms with Crippen molar-refractivity contribution in [2.45, 2.75) is 52.4 Å². The fourth-order valence-corrected chi connectivity index (χ4v) is 2.46. The number of hydrogen-bond acceptors (Lipinski definition) is 2. The van der Waals surface area contributed by atoms with E-state index in [4.69, 9.17) is 23.2 Å². The van der Waals surface area contributed by atoms with Crippen LogP contribution < -0.4 is 0 Å². The number of rotatable bonds is 9. The number of carbonyl (C=O) groups excluding carboxylic acids is 2. The van der Waals surface area contributed by atoms with Gasteiger partial charge in [0, 0.05) is 0 Å². The van der Waals surface area contributed by atoms with E-state index in [2.05, 4.69) is 6.92 Å². The molecule has 0 saturated carbocycles. The maximum absolute atomic E-state index is 11.0. The lowest BCUT2D eigenvalue weighted by Crippen LogP contribution is -2.24. The van der Waals surface area contributed by atoms with Gasteiger partial charge in [0.2, 0.25) is 10.5 Å². The molecular weight excluding hydrogens is 247 g/mol. The minimum Gasteiger partial charge on any atom is -0.280 e. The highest BCUT2D eigenvalue weighted by molar-refractivity contribution is 6.73. The summed E-state index contributed by atoms with van der Waals surface area (Å²) in [7, 11) is 0. The molecule has 0 aromatic heterocycles. The normalized spacial score (nSPS) is 12.8. The first-order valence-electron chi connectivity index (χ1n) is 5.89. The van der Waals surface area contributed by atoms with Gasteiger partial charge in [-0.05, 0) is 35.5 Å². The molecule has 0 aliphatic heterocycles. The lowest BCUT2D eigenvalue weighted by atomic mass is 9.91. The largest absolute Gasteiger partial charge is 0.280 e. The van der Waals surface area contributed by atoms with Gasteiger partial charge in [-0.25, -0.2) is 0 Å². The van der Waals surface area contributed by atoms with Crippen LogP contribution in [0.5, 0.6) is 0 Å². The van der Waals surface area contributed by atoms with Crippen LogP contribution in [-0.2, 0) is 9.59 Å². The van der Waals surface area contributed by atoms with Crippen LogP contribution in [0.15, 0.2) is 0 Å². The van der Waals surface area contributed by atoms with Crippen molar-refractivity contribution in [3.8, 4) is 0 Å². The van der Waals surface area contributed by atoms with E-state index in [0.717, 1.165) is 19.3 Å². The van der Waals surface area contributed by atoms with E-state index in [1.807, 2.05) is 6.92 Å². The zero-order valence-electron chi connectivity index (χ0n) is 9.97. The molecule has 0 fully saturated rings. The molecule has 0 N–H and O–H groups in total. The monoisotopic (exact) mass is 266 g/mol. The number of unbranched alkanes of at least 4 members (excludes halogenated alkanes) is 4. The predicted molar refractivity (Wildman–Crippen MR) is 67.8 cm³/mol. The topological polar surface area (TPSA) is 34.1 Å². The molecule has 0 aromatic carbocycles. The van der Waals surface area contributed by atoms with Gasteiger partial charge in [0.25, 0.3) is 0 Å². The van der Waals surface area contributed by atoms with Gasteiger partial charge in [-0.2, -0.15) is 0 Å². The summed E-state index contributed by atoms with van der Waals surface area (Å²) in [4.78, 5) is 22.0. The Morgan fingerprint density at radius 2 is 1.50 bits per heavy atom. The second-order valence-electron chi connectivity index (χ2n) is 4.27. The van der Waals surface area contributed by atoms with Crippen LogP contribution in [0.25, 0.3) is 0 Å². The fraction of sp³-hybridized carbons (Fsp3) is 0.833. The first kappa shape index (κ1) is 15.9. The van der Waals surface area contributed by atoms with Crippen LogP contribution in [0, 0.1) is 11.8 Å². The molecule has 2 nitrogen and oxygen atoms in total. The molecule has 0 heterocycles. The second kappa shape index (κ2) is 9.00. The quantitative estimate of drug-likeness (QED) is 0.357. The molecule has 1 unspecified atom stereocenters. The van der Waals surface area contributed by atoms with Gasteiger partial charge >= 0.3 is 0 Å². The average molecular weight is 267 g/mol. The summed E-state index contributed by atoms with van der Waals surface area (Å²) in [6.45, 7) is 4.02. The van der Waals surface area contributed by atoms with Crippen LogP contribution in [0.1, 0.15) is 52.4 Å². The summed E-state index contributed by atoms with van der Waals surface area (Å²) >= 11 is 10.7. The van der Waals surface area contributed by atoms with Crippen molar-refractivity contribution in [2.24, 2.45) is 11.8 Å². The molecule has 0 saturated heterocycles. The van der Waals surface area contributed by atoms with Gasteiger partial charge < -0.3 is 0 Å². The van der Waals surface area contributed by atoms with Gasteiger partial charge in [0.15, 0.2) is 0 Å². The summed E-state index contributed by atoms with van der Waals surface area (Å²) in [6, 6.07) is 0. The maximum Gasteiger partial charge on any atom is 0.233 e. The SMILES string of the molecule is CCCCCCCC(C)C(C(=O)Cl)C(=O)Cl. The molecule has 94 valence electrons. The van der Waals surface area contributed by atoms with Crippen LogP contribution >= 0.6 is 23.2 Å². The fourth-order valence-electron chi connectivity index (χ4n) is 1.77. The summed E-state index contributed by atoms with van der Waals surface area (Å²) in [6.07, 6.45) is 6.63. The summed E-state index contributed by atoms with van der Waals surface area (Å²) in [5.41, 5.74) is 0. The minimum atomic E-state index is -0.838. The second-order valence-corrected chi connectivity index (χ2v) is 5.01. The van der Waals surface area contributed by atoms with Crippen molar-refractivity contribution in [2.75, 3.05) is 0 Å². The predicted octanol–water partition coefficient (Wildman–Crippen LogP) is 4.13. The molecule has 0 aliphatic rings. The Morgan fingerprint density at radius 1 is 1.00 bits per heavy atom. The molecule has 0 aliphatic carbocycles. The zero-order chi connectivity index (χ0) is 12.6. The van der Waals surface area contributed by atoms with Crippen molar-refractivity contribution >= 4 is 33.7 Å². The lowest BCUT2D eigenvalue weighted by molar-refractivity contribution is -0.125. The lowest BCUT2D eigenvalue weighted by Gasteiger charge is -2.16. The smallest absolute Gasteiger partial charge is 0.233 e. The van der Waals surface area contributed by atoms with E-state index in [-0.39, 0.29) is 5.92 Å². The molecule has 0 radical (unpaired) electrons. The Labute approximate surface area is 108 Å². The Balaban J connectivity index is 3.88. The molecule has 0 amide bonds. The third-order valence-electron chi connectivity index (χ3n) is 2.82. The van der Waals surface area contributed by atoms with Crippen molar-refractivity contribution in [1.29, 1.82) is 0 Å². The van der Waals surface area contributed by atoms with Crippen molar-refractivity contribution < 1.29 is 9.59 Å². The van der Waals surface area contributed by atoms with Crippen LogP contribution in [0.2, 0.25) is 0 Å². The van der Waals surface area contributed by atoms with Crippen LogP contribution in [0.3, 0.4) is 0 Å². The molecule has 1 atom stereocenters. The minimum absolute atomic E-state index is 0.0587. The standard InChI is InChI=1S/C12H20Cl2O2/c1-3-4-5-6-7-8-9(2)10(11(13)15)12(14)16/h9-10H,3-8H2,1-2H3. The molecule has 0 rings (SSSR count). The average Bonchev–Trinajstić information content (AvgIpc) is 2.16. The van der Waals surface area contributed by atoms with E-state index in [0.29, 0.717) is 0 Å². The molecule has 16 heavy (non-hydrogen) atoms. The van der Waals surface area contributed by atoms with Gasteiger partial charge in [-0.3, -0.25) is 9.59 Å². The highest BCUT2D eigenvalue weighted by Crippen LogP contribution is 2.23. The van der Waals surface area contributed by atoms with Crippen molar-refractivity contribution in [1.82, 2.24) is 0 Å². The van der Waals surface area contributed by atoms with Crippen molar-refractivity contribution in [3.05, 3.63) is 0 Å². The summed E-state index contributed by atoms with van der Waals surface area (Å²) in [5, 5.41) is -1.28. The molecular formula is C12H20Cl2O2. The molecule has 0 aromatic rings. The third kappa shape index (κ3) is 6.49. The van der Waals surface area contributed by atoms with E-state index in [1.165, 1.54) is 19.3 Å². The van der Waals surface area contributed by atoms with Gasteiger partial charge in [-0.1, -0.05) is 46.0 Å². The van der Waals surface area contributed by atoms with E-state index < -0.39 is 16.4 Å². The maximum atomic E-state index is 11.0. The Kier molecular flexibility index (Phi) is 8.96. The highest BCUT2D eigenvalue weighted by atomic mass is 35.5. The van der Waals surface area contributed by atoms with Gasteiger partial charge in [-0.15, -0.1) is 0 Å². The third-order valence-corrected chi connectivity index (χ3v) is 3.29. The van der Waals surface area contributed by atoms with Crippen LogP contribution in [-0.4, -0.2) is 10.5 Å². The molecule has 0 spiro atoms. The first-order valence-corrected chi connectivity index (χ1v) is 6.65. The number of hydrogen-bond donors (Lipinski definition) is 0. The molecule has 0 bridgehead atoms.